The smallest absolute Gasteiger partial charge is 0.138 e. The van der Waals surface area contributed by atoms with E-state index in [1.54, 1.807) is 0 Å². The van der Waals surface area contributed by atoms with Gasteiger partial charge in [-0.25, -0.2) is 0 Å². The van der Waals surface area contributed by atoms with Gasteiger partial charge in [0.15, 0.2) is 0 Å². The highest BCUT2D eigenvalue weighted by molar-refractivity contribution is 4.72. The number of rotatable bonds is 3. The van der Waals surface area contributed by atoms with Crippen LogP contribution in [-0.2, 0) is 0 Å². The minimum absolute atomic E-state index is 0.957. The first-order valence-corrected chi connectivity index (χ1v) is 4.40. The van der Waals surface area contributed by atoms with E-state index in [9.17, 15) is 0 Å². The van der Waals surface area contributed by atoms with E-state index in [1.807, 2.05) is 0 Å². The molecule has 2 nitrogen and oxygen atoms in total. The normalized spacial score (nSPS) is 22.3. The molecular formula is C9H18N2. The van der Waals surface area contributed by atoms with Gasteiger partial charge in [0.2, 0.25) is 0 Å². The van der Waals surface area contributed by atoms with Gasteiger partial charge in [0, 0.05) is 26.2 Å². The van der Waals surface area contributed by atoms with E-state index in [-0.39, 0.29) is 0 Å². The van der Waals surface area contributed by atoms with E-state index < -0.39 is 0 Å². The summed E-state index contributed by atoms with van der Waals surface area (Å²) in [5.41, 5.74) is 0. The molecule has 0 aromatic rings. The van der Waals surface area contributed by atoms with Gasteiger partial charge in [-0.2, -0.15) is 6.42 Å². The van der Waals surface area contributed by atoms with Crippen molar-refractivity contribution in [1.29, 1.82) is 0 Å². The molecular weight excluding hydrogens is 136 g/mol. The van der Waals surface area contributed by atoms with Gasteiger partial charge < -0.3 is 11.8 Å². The summed E-state index contributed by atoms with van der Waals surface area (Å²) in [5.74, 6) is 0. The van der Waals surface area contributed by atoms with Crippen LogP contribution < -0.4 is 0 Å². The molecule has 11 heavy (non-hydrogen) atoms. The molecule has 0 radical (unpaired) electrons. The highest BCUT2D eigenvalue weighted by atomic mass is 15.3. The topological polar surface area (TPSA) is 6.48 Å². The van der Waals surface area contributed by atoms with E-state index in [0.717, 1.165) is 19.5 Å². The molecule has 0 bridgehead atoms. The van der Waals surface area contributed by atoms with Gasteiger partial charge in [0.25, 0.3) is 0 Å². The van der Waals surface area contributed by atoms with E-state index in [0.29, 0.717) is 0 Å². The second-order valence-electron chi connectivity index (χ2n) is 3.04. The van der Waals surface area contributed by atoms with Crippen LogP contribution >= 0.6 is 0 Å². The predicted molar refractivity (Wildman–Crippen MR) is 48.2 cm³/mol. The average molecular weight is 154 g/mol. The molecule has 1 heterocycles. The van der Waals surface area contributed by atoms with Crippen LogP contribution in [0, 0.1) is 13.8 Å². The standard InChI is InChI=1S/C9H18N2/c1-3-5-11-8-6-10(4-2)7-9-11/h1-9H2. The lowest BCUT2D eigenvalue weighted by atomic mass is 10.3. The summed E-state index contributed by atoms with van der Waals surface area (Å²) >= 11 is 0. The fourth-order valence-electron chi connectivity index (χ4n) is 1.46. The molecule has 0 aromatic carbocycles. The molecule has 0 N–H and O–H groups in total. The van der Waals surface area contributed by atoms with Gasteiger partial charge in [0.1, 0.15) is 6.54 Å². The molecule has 2 heteroatoms. The Morgan fingerprint density at radius 2 is 1.64 bits per heavy atom. The van der Waals surface area contributed by atoms with Crippen molar-refractivity contribution < 1.29 is 0 Å². The minimum atomic E-state index is 0.957. The molecule has 1 aliphatic heterocycles. The maximum atomic E-state index is 3.88. The van der Waals surface area contributed by atoms with Gasteiger partial charge in [-0.05, 0) is 6.54 Å². The van der Waals surface area contributed by atoms with Crippen LogP contribution in [-0.4, -0.2) is 49.1 Å². The van der Waals surface area contributed by atoms with Crippen molar-refractivity contribution >= 4 is 0 Å². The summed E-state index contributed by atoms with van der Waals surface area (Å²) in [6, 6.07) is 0. The lowest BCUT2D eigenvalue weighted by Crippen LogP contribution is -2.46. The quantitative estimate of drug-likeness (QED) is 0.551. The molecule has 0 spiro atoms. The van der Waals surface area contributed by atoms with Crippen LogP contribution in [0.3, 0.4) is 0 Å². The predicted octanol–water partition coefficient (Wildman–Crippen LogP) is 0.662. The van der Waals surface area contributed by atoms with Crippen LogP contribution in [0.4, 0.5) is 0 Å². The number of hydrogen-bond donors (Lipinski definition) is 0. The largest absolute Gasteiger partial charge is 0.342 e. The van der Waals surface area contributed by atoms with Gasteiger partial charge in [-0.3, -0.25) is 4.90 Å². The Morgan fingerprint density at radius 1 is 1.09 bits per heavy atom. The van der Waals surface area contributed by atoms with Crippen molar-refractivity contribution in [2.24, 2.45) is 0 Å². The van der Waals surface area contributed by atoms with Gasteiger partial charge in [0.05, 0.1) is 6.92 Å². The fraction of sp³-hybridized carbons (Fsp3) is 0.778. The zero-order chi connectivity index (χ0) is 8.10. The molecule has 1 aliphatic rings. The minimum Gasteiger partial charge on any atom is -0.342 e. The van der Waals surface area contributed by atoms with Crippen molar-refractivity contribution in [2.45, 2.75) is 6.42 Å². The van der Waals surface area contributed by atoms with E-state index >= 15 is 0 Å². The maximum absolute atomic E-state index is 3.88. The zero-order valence-corrected chi connectivity index (χ0v) is 7.26. The third-order valence-electron chi connectivity index (χ3n) is 2.26. The van der Waals surface area contributed by atoms with Crippen molar-refractivity contribution in [1.82, 2.24) is 9.80 Å². The fourth-order valence-corrected chi connectivity index (χ4v) is 1.46. The Hall–Kier alpha value is -0.210. The molecule has 64 valence electrons. The van der Waals surface area contributed by atoms with Crippen LogP contribution in [0.2, 0.25) is 0 Å². The Morgan fingerprint density at radius 3 is 2.09 bits per heavy atom. The second kappa shape index (κ2) is 4.62. The summed E-state index contributed by atoms with van der Waals surface area (Å²) in [5, 5.41) is 0. The highest BCUT2D eigenvalue weighted by Crippen LogP contribution is 2.00. The van der Waals surface area contributed by atoms with Crippen molar-refractivity contribution in [3.05, 3.63) is 13.8 Å². The summed E-state index contributed by atoms with van der Waals surface area (Å²) in [6.07, 6.45) is 1.03. The number of piperazine rings is 1. The molecule has 1 saturated heterocycles. The average Bonchev–Trinajstić information content (AvgIpc) is 2.07. The number of hydrogen-bond acceptors (Lipinski definition) is 2. The molecule has 1 fully saturated rings. The molecule has 0 saturated carbocycles. The first kappa shape index (κ1) is 8.88. The van der Waals surface area contributed by atoms with E-state index in [2.05, 4.69) is 23.6 Å². The summed E-state index contributed by atoms with van der Waals surface area (Å²) < 4.78 is 0. The second-order valence-corrected chi connectivity index (χ2v) is 3.04. The number of nitrogens with zero attached hydrogens (tertiary/aromatic N) is 2. The Bertz CT molecular complexity index is 95.7. The summed E-state index contributed by atoms with van der Waals surface area (Å²) in [6.45, 7) is 14.6. The summed E-state index contributed by atoms with van der Waals surface area (Å²) in [7, 11) is 0. The van der Waals surface area contributed by atoms with Crippen LogP contribution in [0.1, 0.15) is 6.42 Å². The Balaban J connectivity index is 2.14. The molecule has 1 rings (SSSR count). The van der Waals surface area contributed by atoms with Gasteiger partial charge in [-0.15, -0.1) is 0 Å². The third kappa shape index (κ3) is 2.72. The van der Waals surface area contributed by atoms with E-state index in [1.165, 1.54) is 26.2 Å². The third-order valence-corrected chi connectivity index (χ3v) is 2.26. The monoisotopic (exact) mass is 154 g/mol. The molecule has 0 aromatic heterocycles. The van der Waals surface area contributed by atoms with Crippen LogP contribution in [0.15, 0.2) is 0 Å². The SMILES string of the molecule is [CH2+]CN1CCN(CC[CH2-])CC1. The molecule has 0 atom stereocenters. The Labute approximate surface area is 70.2 Å². The first-order chi connectivity index (χ1) is 5.36. The van der Waals surface area contributed by atoms with Crippen molar-refractivity contribution in [3.8, 4) is 0 Å². The molecule has 0 unspecified atom stereocenters. The molecule has 0 amide bonds. The van der Waals surface area contributed by atoms with Crippen molar-refractivity contribution in [2.75, 3.05) is 39.3 Å². The summed E-state index contributed by atoms with van der Waals surface area (Å²) in [4.78, 5) is 4.86. The molecule has 0 aliphatic carbocycles. The first-order valence-electron chi connectivity index (χ1n) is 4.40. The maximum Gasteiger partial charge on any atom is 0.138 e. The lowest BCUT2D eigenvalue weighted by Gasteiger charge is -2.32. The van der Waals surface area contributed by atoms with Crippen LogP contribution in [0.25, 0.3) is 0 Å². The van der Waals surface area contributed by atoms with Gasteiger partial charge in [-0.1, -0.05) is 0 Å². The van der Waals surface area contributed by atoms with Crippen molar-refractivity contribution in [3.63, 3.8) is 0 Å². The van der Waals surface area contributed by atoms with Gasteiger partial charge >= 0.3 is 0 Å². The van der Waals surface area contributed by atoms with Crippen LogP contribution in [0.5, 0.6) is 0 Å². The highest BCUT2D eigenvalue weighted by Gasteiger charge is 2.14. The Kier molecular flexibility index (Phi) is 3.73. The zero-order valence-electron chi connectivity index (χ0n) is 7.26. The lowest BCUT2D eigenvalue weighted by molar-refractivity contribution is 0.144. The van der Waals surface area contributed by atoms with E-state index in [4.69, 9.17) is 0 Å².